The van der Waals surface area contributed by atoms with Gasteiger partial charge in [-0.1, -0.05) is 69.3 Å². The maximum Gasteiger partial charge on any atom is 0.408 e. The van der Waals surface area contributed by atoms with Crippen LogP contribution in [0.3, 0.4) is 0 Å². The van der Waals surface area contributed by atoms with Crippen LogP contribution in [-0.2, 0) is 20.9 Å². The molecule has 1 aliphatic heterocycles. The van der Waals surface area contributed by atoms with Gasteiger partial charge in [0.05, 0.1) is 18.8 Å². The zero-order valence-electron chi connectivity index (χ0n) is 16.7. The first kappa shape index (κ1) is 20.3. The number of thioether (sulfide) groups is 1. The number of carbonyl (C=O) groups excluding carboxylic acids is 2. The number of ether oxygens (including phenoxy) is 1. The fourth-order valence-electron chi connectivity index (χ4n) is 3.36. The fourth-order valence-corrected chi connectivity index (χ4v) is 4.89. The Hall–Kier alpha value is -2.47. The Bertz CT molecular complexity index is 864. The molecule has 0 aliphatic carbocycles. The summed E-state index contributed by atoms with van der Waals surface area (Å²) in [6, 6.07) is 17.5. The maximum atomic E-state index is 13.7. The highest BCUT2D eigenvalue weighted by atomic mass is 32.2. The first-order valence-corrected chi connectivity index (χ1v) is 10.2. The van der Waals surface area contributed by atoms with E-state index in [9.17, 15) is 9.59 Å². The molecule has 0 fully saturated rings. The van der Waals surface area contributed by atoms with Crippen LogP contribution >= 0.6 is 11.8 Å². The molecule has 0 spiro atoms. The number of nitrogens with one attached hydrogen (secondary N) is 1. The molecule has 0 saturated carbocycles. The molecule has 0 saturated heterocycles. The molecule has 6 heteroatoms. The third-order valence-electron chi connectivity index (χ3n) is 4.32. The number of hydrogen-bond acceptors (Lipinski definition) is 4. The lowest BCUT2D eigenvalue weighted by atomic mass is 10.1. The van der Waals surface area contributed by atoms with Crippen LogP contribution in [0.15, 0.2) is 54.6 Å². The van der Waals surface area contributed by atoms with Gasteiger partial charge in [0.25, 0.3) is 5.91 Å². The molecular formula is C22H26N2O3S. The molecule has 3 rings (SSSR count). The maximum absolute atomic E-state index is 13.7. The largest absolute Gasteiger partial charge is 0.450 e. The van der Waals surface area contributed by atoms with Gasteiger partial charge in [-0.05, 0) is 18.6 Å². The second-order valence-corrected chi connectivity index (χ2v) is 9.68. The molecule has 0 unspecified atom stereocenters. The average Bonchev–Trinajstić information content (AvgIpc) is 2.84. The van der Waals surface area contributed by atoms with Crippen LogP contribution in [0.1, 0.15) is 38.8 Å². The van der Waals surface area contributed by atoms with E-state index in [2.05, 4.69) is 5.32 Å². The molecule has 1 heterocycles. The molecule has 1 aliphatic rings. The average molecular weight is 399 g/mol. The first-order valence-electron chi connectivity index (χ1n) is 9.37. The number of anilines is 1. The highest BCUT2D eigenvalue weighted by Gasteiger charge is 2.54. The van der Waals surface area contributed by atoms with E-state index in [0.717, 1.165) is 16.8 Å². The lowest BCUT2D eigenvalue weighted by molar-refractivity contribution is -0.121. The summed E-state index contributed by atoms with van der Waals surface area (Å²) in [6.45, 7) is 8.51. The quantitative estimate of drug-likeness (QED) is 0.744. The van der Waals surface area contributed by atoms with Crippen molar-refractivity contribution in [1.29, 1.82) is 0 Å². The molecule has 0 radical (unpaired) electrons. The van der Waals surface area contributed by atoms with Crippen molar-refractivity contribution in [2.45, 2.75) is 43.9 Å². The Morgan fingerprint density at radius 2 is 1.75 bits per heavy atom. The third kappa shape index (κ3) is 4.02. The first-order chi connectivity index (χ1) is 13.3. The predicted molar refractivity (Wildman–Crippen MR) is 113 cm³/mol. The highest BCUT2D eigenvalue weighted by molar-refractivity contribution is 8.02. The normalized spacial score (nSPS) is 18.7. The molecule has 0 bridgehead atoms. The van der Waals surface area contributed by atoms with Crippen LogP contribution in [0.5, 0.6) is 0 Å². The summed E-state index contributed by atoms with van der Waals surface area (Å²) >= 11 is 1.43. The van der Waals surface area contributed by atoms with E-state index in [1.54, 1.807) is 11.8 Å². The summed E-state index contributed by atoms with van der Waals surface area (Å²) in [5, 5.41) is 2.88. The summed E-state index contributed by atoms with van der Waals surface area (Å²) in [4.78, 5) is 26.7. The van der Waals surface area contributed by atoms with Crippen LogP contribution in [-0.4, -0.2) is 23.4 Å². The molecule has 28 heavy (non-hydrogen) atoms. The predicted octanol–water partition coefficient (Wildman–Crippen LogP) is 4.66. The second-order valence-electron chi connectivity index (χ2n) is 7.64. The Morgan fingerprint density at radius 1 is 1.11 bits per heavy atom. The van der Waals surface area contributed by atoms with Crippen molar-refractivity contribution in [3.63, 3.8) is 0 Å². The van der Waals surface area contributed by atoms with E-state index in [1.807, 2.05) is 75.4 Å². The van der Waals surface area contributed by atoms with Gasteiger partial charge >= 0.3 is 6.09 Å². The number of para-hydroxylation sites is 1. The fraction of sp³-hybridized carbons (Fsp3) is 0.364. The summed E-state index contributed by atoms with van der Waals surface area (Å²) in [5.41, 5.74) is 2.62. The van der Waals surface area contributed by atoms with Crippen LogP contribution < -0.4 is 10.2 Å². The Labute approximate surface area is 170 Å². The number of rotatable bonds is 5. The number of alkyl carbamates (subject to hydrolysis) is 1. The number of carbonyl (C=O) groups is 2. The van der Waals surface area contributed by atoms with Crippen LogP contribution in [0.2, 0.25) is 0 Å². The van der Waals surface area contributed by atoms with Crippen molar-refractivity contribution in [3.05, 3.63) is 65.7 Å². The third-order valence-corrected chi connectivity index (χ3v) is 5.73. The minimum absolute atomic E-state index is 0.162. The standard InChI is InChI=1S/C22H26N2O3S/c1-5-27-20(26)23-22(28-21(2,3)4)17-13-9-10-14-18(17)24(19(22)25)15-16-11-7-6-8-12-16/h6-14H,5,15H2,1-4H3,(H,23,26)/t22-/m0/s1. The van der Waals surface area contributed by atoms with Crippen LogP contribution in [0.25, 0.3) is 0 Å². The number of nitrogens with zero attached hydrogens (tertiary/aromatic N) is 1. The van der Waals surface area contributed by atoms with Gasteiger partial charge in [0, 0.05) is 10.3 Å². The monoisotopic (exact) mass is 398 g/mol. The summed E-state index contributed by atoms with van der Waals surface area (Å²) in [6.07, 6.45) is -0.594. The molecule has 148 valence electrons. The summed E-state index contributed by atoms with van der Waals surface area (Å²) in [7, 11) is 0. The summed E-state index contributed by atoms with van der Waals surface area (Å²) < 4.78 is 4.85. The molecule has 2 aromatic carbocycles. The van der Waals surface area contributed by atoms with Crippen molar-refractivity contribution >= 4 is 29.4 Å². The minimum atomic E-state index is -1.23. The van der Waals surface area contributed by atoms with E-state index < -0.39 is 11.0 Å². The smallest absolute Gasteiger partial charge is 0.408 e. The van der Waals surface area contributed by atoms with Gasteiger partial charge in [0.2, 0.25) is 0 Å². The second kappa shape index (κ2) is 7.87. The van der Waals surface area contributed by atoms with Crippen LogP contribution in [0.4, 0.5) is 10.5 Å². The number of amides is 2. The van der Waals surface area contributed by atoms with E-state index in [-0.39, 0.29) is 17.3 Å². The van der Waals surface area contributed by atoms with Gasteiger partial charge < -0.3 is 9.64 Å². The van der Waals surface area contributed by atoms with Gasteiger partial charge in [-0.2, -0.15) is 0 Å². The van der Waals surface area contributed by atoms with Crippen molar-refractivity contribution in [2.75, 3.05) is 11.5 Å². The SMILES string of the molecule is CCOC(=O)N[C@@]1(SC(C)(C)C)C(=O)N(Cc2ccccc2)c2ccccc21. The lowest BCUT2D eigenvalue weighted by Crippen LogP contribution is -2.52. The Kier molecular flexibility index (Phi) is 5.70. The lowest BCUT2D eigenvalue weighted by Gasteiger charge is -2.34. The van der Waals surface area contributed by atoms with Gasteiger partial charge in [0.15, 0.2) is 4.87 Å². The number of benzene rings is 2. The molecule has 0 aromatic heterocycles. The van der Waals surface area contributed by atoms with Crippen molar-refractivity contribution in [3.8, 4) is 0 Å². The number of hydrogen-bond donors (Lipinski definition) is 1. The van der Waals surface area contributed by atoms with E-state index >= 15 is 0 Å². The van der Waals surface area contributed by atoms with Crippen molar-refractivity contribution < 1.29 is 14.3 Å². The zero-order chi connectivity index (χ0) is 20.4. The zero-order valence-corrected chi connectivity index (χ0v) is 17.5. The van der Waals surface area contributed by atoms with Gasteiger partial charge in [0.1, 0.15) is 0 Å². The van der Waals surface area contributed by atoms with Gasteiger partial charge in [-0.25, -0.2) is 4.79 Å². The van der Waals surface area contributed by atoms with E-state index in [4.69, 9.17) is 4.74 Å². The summed E-state index contributed by atoms with van der Waals surface area (Å²) in [5.74, 6) is -0.162. The topological polar surface area (TPSA) is 58.6 Å². The minimum Gasteiger partial charge on any atom is -0.450 e. The van der Waals surface area contributed by atoms with Gasteiger partial charge in [-0.15, -0.1) is 11.8 Å². The van der Waals surface area contributed by atoms with Crippen molar-refractivity contribution in [2.24, 2.45) is 0 Å². The molecule has 2 aromatic rings. The number of fused-ring (bicyclic) bond motifs is 1. The Balaban J connectivity index is 2.08. The van der Waals surface area contributed by atoms with Crippen LogP contribution in [0, 0.1) is 0 Å². The molecular weight excluding hydrogens is 372 g/mol. The van der Waals surface area contributed by atoms with E-state index in [1.165, 1.54) is 11.8 Å². The molecule has 1 atom stereocenters. The Morgan fingerprint density at radius 3 is 2.39 bits per heavy atom. The van der Waals surface area contributed by atoms with Gasteiger partial charge in [-0.3, -0.25) is 10.1 Å². The van der Waals surface area contributed by atoms with E-state index in [0.29, 0.717) is 6.54 Å². The van der Waals surface area contributed by atoms with Crippen molar-refractivity contribution in [1.82, 2.24) is 5.32 Å². The molecule has 2 amide bonds. The molecule has 5 nitrogen and oxygen atoms in total. The highest BCUT2D eigenvalue weighted by Crippen LogP contribution is 2.51. The molecule has 1 N–H and O–H groups in total.